The van der Waals surface area contributed by atoms with Gasteiger partial charge >= 0.3 is 5.97 Å². The quantitative estimate of drug-likeness (QED) is 0.493. The van der Waals surface area contributed by atoms with Gasteiger partial charge in [-0.05, 0) is 15.9 Å². The van der Waals surface area contributed by atoms with E-state index in [1.807, 2.05) is 0 Å². The van der Waals surface area contributed by atoms with Crippen LogP contribution in [0.1, 0.15) is 11.6 Å². The van der Waals surface area contributed by atoms with Gasteiger partial charge in [-0.1, -0.05) is 0 Å². The molecule has 0 heterocycles. The number of hydrogen-bond acceptors (Lipinski definition) is 6. The Hall–Kier alpha value is -1.67. The van der Waals surface area contributed by atoms with Crippen LogP contribution in [0.3, 0.4) is 0 Å². The fraction of sp³-hybridized carbons (Fsp3) is 0.222. The lowest BCUT2D eigenvalue weighted by Crippen LogP contribution is -2.22. The number of phenols is 1. The molecule has 3 N–H and O–H groups in total. The van der Waals surface area contributed by atoms with Gasteiger partial charge in [0.05, 0.1) is 16.5 Å². The lowest BCUT2D eigenvalue weighted by molar-refractivity contribution is -0.385. The van der Waals surface area contributed by atoms with Crippen molar-refractivity contribution in [3.63, 3.8) is 0 Å². The van der Waals surface area contributed by atoms with Gasteiger partial charge in [0.2, 0.25) is 0 Å². The Bertz CT molecular complexity index is 477. The zero-order valence-electron chi connectivity index (χ0n) is 8.71. The molecule has 0 unspecified atom stereocenters. The third-order valence-electron chi connectivity index (χ3n) is 2.08. The second kappa shape index (κ2) is 5.11. The number of benzene rings is 1. The number of aromatic hydroxyl groups is 1. The van der Waals surface area contributed by atoms with E-state index in [4.69, 9.17) is 5.73 Å². The number of halogens is 1. The summed E-state index contributed by atoms with van der Waals surface area (Å²) in [5, 5.41) is 20.3. The second-order valence-electron chi connectivity index (χ2n) is 3.12. The number of esters is 1. The highest BCUT2D eigenvalue weighted by molar-refractivity contribution is 9.10. The van der Waals surface area contributed by atoms with E-state index < -0.39 is 16.9 Å². The van der Waals surface area contributed by atoms with E-state index in [2.05, 4.69) is 20.7 Å². The van der Waals surface area contributed by atoms with E-state index in [1.54, 1.807) is 0 Å². The van der Waals surface area contributed by atoms with Crippen LogP contribution in [-0.2, 0) is 9.53 Å². The molecule has 0 aliphatic rings. The number of methoxy groups -OCH3 is 1. The minimum absolute atomic E-state index is 0.0714. The molecule has 0 aliphatic heterocycles. The Morgan fingerprint density at radius 3 is 2.71 bits per heavy atom. The first-order chi connectivity index (χ1) is 7.88. The number of carbonyl (C=O) groups excluding carboxylic acids is 1. The van der Waals surface area contributed by atoms with E-state index in [0.29, 0.717) is 0 Å². The number of rotatable bonds is 3. The zero-order valence-corrected chi connectivity index (χ0v) is 10.3. The monoisotopic (exact) mass is 304 g/mol. The van der Waals surface area contributed by atoms with Crippen LogP contribution in [0, 0.1) is 10.1 Å². The molecule has 0 radical (unpaired) electrons. The summed E-state index contributed by atoms with van der Waals surface area (Å²) in [6, 6.07) is 0.862. The summed E-state index contributed by atoms with van der Waals surface area (Å²) in [5.41, 5.74) is 5.15. The molecule has 17 heavy (non-hydrogen) atoms. The number of ether oxygens (including phenoxy) is 1. The first kappa shape index (κ1) is 13.4. The third-order valence-corrected chi connectivity index (χ3v) is 2.68. The Morgan fingerprint density at radius 2 is 2.24 bits per heavy atom. The summed E-state index contributed by atoms with van der Waals surface area (Å²) in [5.74, 6) is -1.12. The van der Waals surface area contributed by atoms with Crippen molar-refractivity contribution in [2.24, 2.45) is 5.73 Å². The molecule has 1 aromatic carbocycles. The maximum atomic E-state index is 11.2. The molecule has 0 saturated heterocycles. The van der Waals surface area contributed by atoms with Crippen LogP contribution in [0.4, 0.5) is 5.69 Å². The summed E-state index contributed by atoms with van der Waals surface area (Å²) in [7, 11) is 1.13. The first-order valence-electron chi connectivity index (χ1n) is 4.38. The molecular formula is C9H9BrN2O5. The molecule has 0 amide bonds. The lowest BCUT2D eigenvalue weighted by atomic mass is 10.1. The van der Waals surface area contributed by atoms with Crippen LogP contribution in [-0.4, -0.2) is 23.1 Å². The average molecular weight is 305 g/mol. The average Bonchev–Trinajstić information content (AvgIpc) is 2.30. The maximum absolute atomic E-state index is 11.2. The third kappa shape index (κ3) is 2.71. The normalized spacial score (nSPS) is 11.9. The van der Waals surface area contributed by atoms with Crippen LogP contribution >= 0.6 is 15.9 Å². The highest BCUT2D eigenvalue weighted by Gasteiger charge is 2.24. The minimum atomic E-state index is -1.28. The van der Waals surface area contributed by atoms with Crippen molar-refractivity contribution in [2.75, 3.05) is 7.11 Å². The molecule has 0 aliphatic carbocycles. The van der Waals surface area contributed by atoms with Gasteiger partial charge in [-0.3, -0.25) is 14.9 Å². The number of nitrogens with zero attached hydrogens (tertiary/aromatic N) is 1. The number of nitro benzene ring substituents is 1. The maximum Gasteiger partial charge on any atom is 0.327 e. The summed E-state index contributed by atoms with van der Waals surface area (Å²) >= 11 is 2.94. The van der Waals surface area contributed by atoms with Crippen molar-refractivity contribution < 1.29 is 19.6 Å². The van der Waals surface area contributed by atoms with Gasteiger partial charge in [0.25, 0.3) is 5.69 Å². The van der Waals surface area contributed by atoms with Gasteiger partial charge in [-0.25, -0.2) is 0 Å². The molecule has 1 rings (SSSR count). The van der Waals surface area contributed by atoms with E-state index in [0.717, 1.165) is 19.2 Å². The molecule has 0 aromatic heterocycles. The molecule has 0 fully saturated rings. The van der Waals surface area contributed by atoms with Crippen molar-refractivity contribution in [2.45, 2.75) is 6.04 Å². The van der Waals surface area contributed by atoms with Crippen LogP contribution in [0.25, 0.3) is 0 Å². The van der Waals surface area contributed by atoms with Gasteiger partial charge in [-0.2, -0.15) is 0 Å². The molecule has 8 heteroatoms. The highest BCUT2D eigenvalue weighted by atomic mass is 79.9. The predicted octanol–water partition coefficient (Wildman–Crippen LogP) is 1.24. The Morgan fingerprint density at radius 1 is 1.65 bits per heavy atom. The summed E-state index contributed by atoms with van der Waals surface area (Å²) in [6.45, 7) is 0. The van der Waals surface area contributed by atoms with Crippen molar-refractivity contribution in [3.05, 3.63) is 32.3 Å². The minimum Gasteiger partial charge on any atom is -0.506 e. The Kier molecular flexibility index (Phi) is 4.02. The highest BCUT2D eigenvalue weighted by Crippen LogP contribution is 2.35. The molecule has 0 saturated carbocycles. The fourth-order valence-corrected chi connectivity index (χ4v) is 1.67. The van der Waals surface area contributed by atoms with Gasteiger partial charge in [0, 0.05) is 17.7 Å². The van der Waals surface area contributed by atoms with Crippen molar-refractivity contribution in [3.8, 4) is 5.75 Å². The number of non-ortho nitro benzene ring substituents is 1. The van der Waals surface area contributed by atoms with Gasteiger partial charge in [0.1, 0.15) is 11.8 Å². The zero-order chi connectivity index (χ0) is 13.2. The molecule has 7 nitrogen and oxygen atoms in total. The molecule has 1 atom stereocenters. The lowest BCUT2D eigenvalue weighted by Gasteiger charge is -2.12. The van der Waals surface area contributed by atoms with Crippen LogP contribution in [0.15, 0.2) is 16.6 Å². The number of nitrogens with two attached hydrogens (primary N) is 1. The van der Waals surface area contributed by atoms with Crippen molar-refractivity contribution in [1.82, 2.24) is 0 Å². The van der Waals surface area contributed by atoms with E-state index in [-0.39, 0.29) is 21.5 Å². The topological polar surface area (TPSA) is 116 Å². The van der Waals surface area contributed by atoms with E-state index in [9.17, 15) is 20.0 Å². The molecule has 1 aromatic rings. The van der Waals surface area contributed by atoms with Gasteiger partial charge < -0.3 is 15.6 Å². The van der Waals surface area contributed by atoms with Crippen molar-refractivity contribution >= 4 is 27.6 Å². The van der Waals surface area contributed by atoms with E-state index >= 15 is 0 Å². The van der Waals surface area contributed by atoms with Gasteiger partial charge in [0.15, 0.2) is 0 Å². The fourth-order valence-electron chi connectivity index (χ4n) is 1.20. The van der Waals surface area contributed by atoms with Crippen LogP contribution < -0.4 is 5.73 Å². The van der Waals surface area contributed by atoms with Crippen molar-refractivity contribution in [1.29, 1.82) is 0 Å². The smallest absolute Gasteiger partial charge is 0.327 e. The standard InChI is InChI=1S/C9H9BrN2O5/c1-17-9(14)7(11)5-2-4(12(15)16)3-6(10)8(5)13/h2-3,7,13H,11H2,1H3/t7-/m1/s1. The van der Waals surface area contributed by atoms with Crippen LogP contribution in [0.2, 0.25) is 0 Å². The second-order valence-corrected chi connectivity index (χ2v) is 3.98. The molecule has 0 bridgehead atoms. The number of hydrogen-bond donors (Lipinski definition) is 2. The summed E-state index contributed by atoms with van der Waals surface area (Å²) in [6.07, 6.45) is 0. The summed E-state index contributed by atoms with van der Waals surface area (Å²) < 4.78 is 4.49. The van der Waals surface area contributed by atoms with Gasteiger partial charge in [-0.15, -0.1) is 0 Å². The SMILES string of the molecule is COC(=O)[C@H](N)c1cc([N+](=O)[O-])cc(Br)c1O. The molecule has 0 spiro atoms. The Labute approximate surface area is 104 Å². The first-order valence-corrected chi connectivity index (χ1v) is 5.18. The predicted molar refractivity (Wildman–Crippen MR) is 61.4 cm³/mol. The van der Waals surface area contributed by atoms with E-state index in [1.165, 1.54) is 0 Å². The number of nitro groups is 1. The molecular weight excluding hydrogens is 296 g/mol. The van der Waals surface area contributed by atoms with Crippen LogP contribution in [0.5, 0.6) is 5.75 Å². The number of phenolic OH excluding ortho intramolecular Hbond substituents is 1. The summed E-state index contributed by atoms with van der Waals surface area (Å²) in [4.78, 5) is 21.2. The Balaban J connectivity index is 3.31. The largest absolute Gasteiger partial charge is 0.506 e. The molecule has 92 valence electrons. The number of carbonyl (C=O) groups is 1.